The number of nitrogens with one attached hydrogen (secondary N) is 1. The summed E-state index contributed by atoms with van der Waals surface area (Å²) in [4.78, 5) is 23.5. The average Bonchev–Trinajstić information content (AvgIpc) is 2.42. The van der Waals surface area contributed by atoms with Crippen molar-refractivity contribution in [2.75, 3.05) is 13.6 Å². The van der Waals surface area contributed by atoms with Crippen molar-refractivity contribution in [2.45, 2.75) is 26.3 Å². The maximum atomic E-state index is 11.7. The second kappa shape index (κ2) is 7.41. The van der Waals surface area contributed by atoms with Gasteiger partial charge in [0.15, 0.2) is 0 Å². The molecule has 0 aromatic heterocycles. The lowest BCUT2D eigenvalue weighted by Crippen LogP contribution is -2.37. The van der Waals surface area contributed by atoms with E-state index in [0.717, 1.165) is 12.0 Å². The molecule has 1 aromatic carbocycles. The zero-order valence-electron chi connectivity index (χ0n) is 11.3. The van der Waals surface area contributed by atoms with E-state index in [1.165, 1.54) is 10.5 Å². The minimum absolute atomic E-state index is 0.0465. The van der Waals surface area contributed by atoms with Crippen molar-refractivity contribution in [3.63, 3.8) is 0 Å². The van der Waals surface area contributed by atoms with Crippen LogP contribution in [0.4, 0.5) is 4.79 Å². The van der Waals surface area contributed by atoms with Crippen LogP contribution in [-0.4, -0.2) is 35.6 Å². The molecule has 0 bridgehead atoms. The van der Waals surface area contributed by atoms with Crippen molar-refractivity contribution in [2.24, 2.45) is 0 Å². The lowest BCUT2D eigenvalue weighted by molar-refractivity contribution is -0.137. The first-order chi connectivity index (χ1) is 9.02. The Morgan fingerprint density at radius 3 is 2.32 bits per heavy atom. The summed E-state index contributed by atoms with van der Waals surface area (Å²) >= 11 is 0. The zero-order valence-corrected chi connectivity index (χ0v) is 11.3. The van der Waals surface area contributed by atoms with Gasteiger partial charge in [-0.05, 0) is 17.5 Å². The molecule has 5 nitrogen and oxygen atoms in total. The van der Waals surface area contributed by atoms with Crippen LogP contribution < -0.4 is 5.32 Å². The van der Waals surface area contributed by atoms with E-state index < -0.39 is 5.97 Å². The highest BCUT2D eigenvalue weighted by atomic mass is 16.4. The Balaban J connectivity index is 2.38. The van der Waals surface area contributed by atoms with E-state index in [0.29, 0.717) is 6.54 Å². The summed E-state index contributed by atoms with van der Waals surface area (Å²) in [6.45, 7) is 2.74. The summed E-state index contributed by atoms with van der Waals surface area (Å²) in [6.07, 6.45) is 0.944. The number of benzene rings is 1. The molecule has 1 aromatic rings. The van der Waals surface area contributed by atoms with Gasteiger partial charge < -0.3 is 15.3 Å². The van der Waals surface area contributed by atoms with Crippen LogP contribution in [0, 0.1) is 0 Å². The monoisotopic (exact) mass is 264 g/mol. The van der Waals surface area contributed by atoms with E-state index in [-0.39, 0.29) is 19.0 Å². The average molecular weight is 264 g/mol. The van der Waals surface area contributed by atoms with Crippen molar-refractivity contribution < 1.29 is 14.7 Å². The Hall–Kier alpha value is -2.04. The van der Waals surface area contributed by atoms with Gasteiger partial charge in [0, 0.05) is 20.1 Å². The highest BCUT2D eigenvalue weighted by molar-refractivity contribution is 5.75. The largest absolute Gasteiger partial charge is 0.481 e. The van der Waals surface area contributed by atoms with Gasteiger partial charge in [-0.25, -0.2) is 4.79 Å². The molecule has 0 radical (unpaired) electrons. The summed E-state index contributed by atoms with van der Waals surface area (Å²) in [7, 11) is 1.58. The number of urea groups is 1. The quantitative estimate of drug-likeness (QED) is 0.824. The van der Waals surface area contributed by atoms with E-state index in [4.69, 9.17) is 5.11 Å². The van der Waals surface area contributed by atoms with Crippen molar-refractivity contribution in [1.82, 2.24) is 10.2 Å². The van der Waals surface area contributed by atoms with Crippen LogP contribution in [0.2, 0.25) is 0 Å². The molecule has 0 saturated carbocycles. The molecule has 0 aliphatic heterocycles. The molecule has 104 valence electrons. The van der Waals surface area contributed by atoms with Gasteiger partial charge in [0.05, 0.1) is 6.42 Å². The van der Waals surface area contributed by atoms with Crippen molar-refractivity contribution >= 4 is 12.0 Å². The molecule has 0 saturated heterocycles. The van der Waals surface area contributed by atoms with Crippen LogP contribution in [0.3, 0.4) is 0 Å². The highest BCUT2D eigenvalue weighted by Gasteiger charge is 2.09. The Morgan fingerprint density at radius 2 is 1.79 bits per heavy atom. The van der Waals surface area contributed by atoms with Crippen LogP contribution in [-0.2, 0) is 17.8 Å². The lowest BCUT2D eigenvalue weighted by atomic mass is 10.1. The number of carbonyl (C=O) groups excluding carboxylic acids is 1. The molecule has 19 heavy (non-hydrogen) atoms. The smallest absolute Gasteiger partial charge is 0.317 e. The standard InChI is InChI=1S/C14H20N2O3/c1-3-11-4-6-12(7-5-11)10-15-14(19)16(2)9-8-13(17)18/h4-7H,3,8-10H2,1-2H3,(H,15,19)(H,17,18). The fourth-order valence-corrected chi connectivity index (χ4v) is 1.57. The molecule has 0 unspecified atom stereocenters. The van der Waals surface area contributed by atoms with Crippen molar-refractivity contribution in [1.29, 1.82) is 0 Å². The lowest BCUT2D eigenvalue weighted by Gasteiger charge is -2.17. The molecule has 5 heteroatoms. The molecule has 0 atom stereocenters. The van der Waals surface area contributed by atoms with E-state index in [9.17, 15) is 9.59 Å². The fraction of sp³-hybridized carbons (Fsp3) is 0.429. The number of hydrogen-bond acceptors (Lipinski definition) is 2. The minimum atomic E-state index is -0.908. The Bertz CT molecular complexity index is 429. The van der Waals surface area contributed by atoms with E-state index in [2.05, 4.69) is 12.2 Å². The van der Waals surface area contributed by atoms with Gasteiger partial charge in [0.1, 0.15) is 0 Å². The topological polar surface area (TPSA) is 69.6 Å². The predicted octanol–water partition coefficient (Wildman–Crippen LogP) is 1.87. The van der Waals surface area contributed by atoms with Gasteiger partial charge in [0.2, 0.25) is 0 Å². The summed E-state index contributed by atoms with van der Waals surface area (Å²) < 4.78 is 0. The van der Waals surface area contributed by atoms with E-state index >= 15 is 0 Å². The van der Waals surface area contributed by atoms with E-state index in [1.54, 1.807) is 7.05 Å². The Morgan fingerprint density at radius 1 is 1.21 bits per heavy atom. The summed E-state index contributed by atoms with van der Waals surface area (Å²) in [5.41, 5.74) is 2.28. The third-order valence-corrected chi connectivity index (χ3v) is 2.88. The van der Waals surface area contributed by atoms with Gasteiger partial charge in [-0.2, -0.15) is 0 Å². The number of amides is 2. The number of nitrogens with zero attached hydrogens (tertiary/aromatic N) is 1. The second-order valence-corrected chi connectivity index (χ2v) is 4.39. The number of aryl methyl sites for hydroxylation is 1. The molecule has 2 amide bonds. The molecule has 0 fully saturated rings. The predicted molar refractivity (Wildman–Crippen MR) is 72.9 cm³/mol. The van der Waals surface area contributed by atoms with Crippen molar-refractivity contribution in [3.8, 4) is 0 Å². The van der Waals surface area contributed by atoms with Crippen LogP contribution in [0.25, 0.3) is 0 Å². The number of aliphatic carboxylic acids is 1. The van der Waals surface area contributed by atoms with Crippen LogP contribution in [0.1, 0.15) is 24.5 Å². The first kappa shape index (κ1) is 15.0. The third kappa shape index (κ3) is 5.42. The minimum Gasteiger partial charge on any atom is -0.481 e. The number of rotatable bonds is 6. The van der Waals surface area contributed by atoms with Gasteiger partial charge in [0.25, 0.3) is 0 Å². The Kier molecular flexibility index (Phi) is 5.85. The summed E-state index contributed by atoms with van der Waals surface area (Å²) in [6, 6.07) is 7.78. The summed E-state index contributed by atoms with van der Waals surface area (Å²) in [5.74, 6) is -0.908. The van der Waals surface area contributed by atoms with Gasteiger partial charge in [-0.15, -0.1) is 0 Å². The molecule has 0 heterocycles. The molecule has 0 aliphatic carbocycles. The van der Waals surface area contributed by atoms with Gasteiger partial charge in [-0.3, -0.25) is 4.79 Å². The molecule has 2 N–H and O–H groups in total. The third-order valence-electron chi connectivity index (χ3n) is 2.88. The van der Waals surface area contributed by atoms with E-state index in [1.807, 2.05) is 24.3 Å². The molecule has 0 aliphatic rings. The highest BCUT2D eigenvalue weighted by Crippen LogP contribution is 2.04. The fourth-order valence-electron chi connectivity index (χ4n) is 1.57. The number of carboxylic acids is 1. The normalized spacial score (nSPS) is 10.0. The van der Waals surface area contributed by atoms with Gasteiger partial charge >= 0.3 is 12.0 Å². The van der Waals surface area contributed by atoms with Crippen molar-refractivity contribution in [3.05, 3.63) is 35.4 Å². The number of carboxylic acid groups (broad SMARTS) is 1. The molecule has 1 rings (SSSR count). The molecular formula is C14H20N2O3. The maximum Gasteiger partial charge on any atom is 0.317 e. The zero-order chi connectivity index (χ0) is 14.3. The molecule has 0 spiro atoms. The number of hydrogen-bond donors (Lipinski definition) is 2. The Labute approximate surface area is 113 Å². The maximum absolute atomic E-state index is 11.7. The second-order valence-electron chi connectivity index (χ2n) is 4.39. The first-order valence-corrected chi connectivity index (χ1v) is 6.31. The molecular weight excluding hydrogens is 244 g/mol. The summed E-state index contributed by atoms with van der Waals surface area (Å²) in [5, 5.41) is 11.3. The SMILES string of the molecule is CCc1ccc(CNC(=O)N(C)CCC(=O)O)cc1. The van der Waals surface area contributed by atoms with Crippen LogP contribution >= 0.6 is 0 Å². The number of carbonyl (C=O) groups is 2. The van der Waals surface area contributed by atoms with Crippen LogP contribution in [0.5, 0.6) is 0 Å². The van der Waals surface area contributed by atoms with Crippen LogP contribution in [0.15, 0.2) is 24.3 Å². The first-order valence-electron chi connectivity index (χ1n) is 6.31. The van der Waals surface area contributed by atoms with Gasteiger partial charge in [-0.1, -0.05) is 31.2 Å².